The molecular formula is C25H24FN5O2S. The third-order valence-electron chi connectivity index (χ3n) is 6.58. The van der Waals surface area contributed by atoms with E-state index >= 15 is 0 Å². The van der Waals surface area contributed by atoms with Crippen LogP contribution in [-0.2, 0) is 17.2 Å². The molecule has 9 heteroatoms. The molecule has 1 saturated heterocycles. The molecule has 0 aliphatic carbocycles. The molecule has 1 atom stereocenters. The zero-order valence-corrected chi connectivity index (χ0v) is 19.6. The van der Waals surface area contributed by atoms with Crippen LogP contribution in [0.3, 0.4) is 0 Å². The summed E-state index contributed by atoms with van der Waals surface area (Å²) in [5.74, 6) is 1.76. The van der Waals surface area contributed by atoms with Crippen molar-refractivity contribution < 1.29 is 13.1 Å². The summed E-state index contributed by atoms with van der Waals surface area (Å²) in [5.41, 5.74) is 4.35. The summed E-state index contributed by atoms with van der Waals surface area (Å²) in [6.45, 7) is 3.54. The standard InChI is InChI=1S/C25H24FN5O2S/c1-15-3-2-4-18(13-15)27-24-23-20(9-12-34(23)32)28-25(29-24)31-10-7-16(8-11-31)22-19-14-17(26)5-6-21(19)33-30-22/h2-6,13-14,16H,7-12H2,1H3,(H,27,28,29). The van der Waals surface area contributed by atoms with E-state index in [9.17, 15) is 8.60 Å². The maximum atomic E-state index is 13.8. The van der Waals surface area contributed by atoms with E-state index in [-0.39, 0.29) is 11.7 Å². The van der Waals surface area contributed by atoms with Gasteiger partial charge in [0.1, 0.15) is 10.7 Å². The normalized spacial score (nSPS) is 18.4. The maximum Gasteiger partial charge on any atom is 0.227 e. The van der Waals surface area contributed by atoms with E-state index in [1.54, 1.807) is 6.07 Å². The number of benzene rings is 2. The number of piperidine rings is 1. The van der Waals surface area contributed by atoms with Crippen molar-refractivity contribution in [2.75, 3.05) is 29.1 Å². The fourth-order valence-electron chi connectivity index (χ4n) is 4.85. The first kappa shape index (κ1) is 21.2. The number of anilines is 3. The number of fused-ring (bicyclic) bond motifs is 2. The zero-order chi connectivity index (χ0) is 23.2. The number of aryl methyl sites for hydroxylation is 2. The minimum atomic E-state index is -1.10. The molecule has 4 aromatic rings. The lowest BCUT2D eigenvalue weighted by molar-refractivity contribution is 0.416. The van der Waals surface area contributed by atoms with Crippen LogP contribution in [-0.4, -0.2) is 38.2 Å². The molecule has 2 aliphatic rings. The Morgan fingerprint density at radius 1 is 1.15 bits per heavy atom. The minimum absolute atomic E-state index is 0.186. The van der Waals surface area contributed by atoms with Gasteiger partial charge in [-0.05, 0) is 55.7 Å². The van der Waals surface area contributed by atoms with Crippen LogP contribution in [0.2, 0.25) is 0 Å². The van der Waals surface area contributed by atoms with Gasteiger partial charge in [0.25, 0.3) is 0 Å². The Labute approximate surface area is 198 Å². The molecule has 1 fully saturated rings. The second-order valence-electron chi connectivity index (χ2n) is 8.91. The average molecular weight is 478 g/mol. The predicted octanol–water partition coefficient (Wildman–Crippen LogP) is 4.86. The molecule has 7 nitrogen and oxygen atoms in total. The van der Waals surface area contributed by atoms with E-state index in [0.717, 1.165) is 58.9 Å². The van der Waals surface area contributed by atoms with Gasteiger partial charge in [-0.15, -0.1) is 0 Å². The molecule has 0 spiro atoms. The van der Waals surface area contributed by atoms with Crippen LogP contribution in [0.1, 0.15) is 35.7 Å². The highest BCUT2D eigenvalue weighted by atomic mass is 32.2. The second-order valence-corrected chi connectivity index (χ2v) is 10.4. The van der Waals surface area contributed by atoms with Crippen molar-refractivity contribution in [2.45, 2.75) is 37.0 Å². The Morgan fingerprint density at radius 2 is 2.00 bits per heavy atom. The van der Waals surface area contributed by atoms with E-state index in [1.165, 1.54) is 12.1 Å². The molecule has 1 N–H and O–H groups in total. The Hall–Kier alpha value is -3.33. The highest BCUT2D eigenvalue weighted by Gasteiger charge is 2.30. The van der Waals surface area contributed by atoms with Crippen molar-refractivity contribution in [1.82, 2.24) is 15.1 Å². The summed E-state index contributed by atoms with van der Waals surface area (Å²) in [7, 11) is -1.10. The summed E-state index contributed by atoms with van der Waals surface area (Å²) in [6.07, 6.45) is 2.36. The lowest BCUT2D eigenvalue weighted by atomic mass is 9.92. The fraction of sp³-hybridized carbons (Fsp3) is 0.320. The highest BCUT2D eigenvalue weighted by molar-refractivity contribution is 7.85. The van der Waals surface area contributed by atoms with Crippen molar-refractivity contribution in [3.8, 4) is 0 Å². The van der Waals surface area contributed by atoms with Crippen LogP contribution in [0.25, 0.3) is 11.0 Å². The fourth-order valence-corrected chi connectivity index (χ4v) is 6.15. The number of nitrogens with zero attached hydrogens (tertiary/aromatic N) is 4. The molecule has 0 bridgehead atoms. The number of rotatable bonds is 4. The molecular weight excluding hydrogens is 453 g/mol. The summed E-state index contributed by atoms with van der Waals surface area (Å²) >= 11 is 0. The lowest BCUT2D eigenvalue weighted by Gasteiger charge is -2.31. The summed E-state index contributed by atoms with van der Waals surface area (Å²) in [6, 6.07) is 12.6. The van der Waals surface area contributed by atoms with Gasteiger partial charge in [0.15, 0.2) is 11.4 Å². The summed E-state index contributed by atoms with van der Waals surface area (Å²) < 4.78 is 31.9. The Balaban J connectivity index is 1.26. The zero-order valence-electron chi connectivity index (χ0n) is 18.8. The van der Waals surface area contributed by atoms with Crippen molar-refractivity contribution >= 4 is 39.2 Å². The second kappa shape index (κ2) is 8.47. The van der Waals surface area contributed by atoms with Crippen molar-refractivity contribution in [3.63, 3.8) is 0 Å². The van der Waals surface area contributed by atoms with Crippen LogP contribution in [0.4, 0.5) is 21.8 Å². The minimum Gasteiger partial charge on any atom is -0.356 e. The van der Waals surface area contributed by atoms with Gasteiger partial charge in [0, 0.05) is 42.3 Å². The molecule has 0 radical (unpaired) electrons. The molecule has 2 aliphatic heterocycles. The Bertz CT molecular complexity index is 1410. The van der Waals surface area contributed by atoms with E-state index in [1.807, 2.05) is 31.2 Å². The molecule has 4 heterocycles. The first-order valence-electron chi connectivity index (χ1n) is 11.5. The third kappa shape index (κ3) is 3.83. The van der Waals surface area contributed by atoms with Gasteiger partial charge in [-0.2, -0.15) is 4.98 Å². The van der Waals surface area contributed by atoms with E-state index in [0.29, 0.717) is 29.5 Å². The number of hydrogen-bond acceptors (Lipinski definition) is 7. The van der Waals surface area contributed by atoms with Crippen LogP contribution in [0.15, 0.2) is 51.9 Å². The largest absolute Gasteiger partial charge is 0.356 e. The molecule has 2 aromatic carbocycles. The molecule has 34 heavy (non-hydrogen) atoms. The number of nitrogens with one attached hydrogen (secondary N) is 1. The van der Waals surface area contributed by atoms with Gasteiger partial charge in [0.05, 0.1) is 22.2 Å². The van der Waals surface area contributed by atoms with Gasteiger partial charge in [-0.3, -0.25) is 4.21 Å². The van der Waals surface area contributed by atoms with Gasteiger partial charge >= 0.3 is 0 Å². The SMILES string of the molecule is Cc1cccc(Nc2nc(N3CCC(c4noc5ccc(F)cc45)CC3)nc3c2S(=O)CC3)c1. The molecule has 1 unspecified atom stereocenters. The third-order valence-corrected chi connectivity index (χ3v) is 8.04. The van der Waals surface area contributed by atoms with Gasteiger partial charge in [0.2, 0.25) is 5.95 Å². The molecule has 0 amide bonds. The van der Waals surface area contributed by atoms with Crippen LogP contribution in [0, 0.1) is 12.7 Å². The average Bonchev–Trinajstić information content (AvgIpc) is 3.42. The maximum absolute atomic E-state index is 13.8. The Kier molecular flexibility index (Phi) is 5.28. The van der Waals surface area contributed by atoms with Crippen LogP contribution in [0.5, 0.6) is 0 Å². The number of hydrogen-bond donors (Lipinski definition) is 1. The highest BCUT2D eigenvalue weighted by Crippen LogP contribution is 2.36. The number of halogens is 1. The van der Waals surface area contributed by atoms with E-state index < -0.39 is 10.8 Å². The number of aromatic nitrogens is 3. The summed E-state index contributed by atoms with van der Waals surface area (Å²) in [4.78, 5) is 12.5. The predicted molar refractivity (Wildman–Crippen MR) is 130 cm³/mol. The van der Waals surface area contributed by atoms with Gasteiger partial charge in [-0.1, -0.05) is 17.3 Å². The van der Waals surface area contributed by atoms with E-state index in [2.05, 4.69) is 15.4 Å². The van der Waals surface area contributed by atoms with Crippen molar-refractivity contribution in [2.24, 2.45) is 0 Å². The summed E-state index contributed by atoms with van der Waals surface area (Å²) in [5, 5.41) is 8.38. The van der Waals surface area contributed by atoms with Crippen molar-refractivity contribution in [3.05, 3.63) is 65.2 Å². The molecule has 2 aromatic heterocycles. The Morgan fingerprint density at radius 3 is 2.82 bits per heavy atom. The first-order chi connectivity index (χ1) is 16.5. The molecule has 6 rings (SSSR count). The van der Waals surface area contributed by atoms with Crippen molar-refractivity contribution in [1.29, 1.82) is 0 Å². The lowest BCUT2D eigenvalue weighted by Crippen LogP contribution is -2.34. The smallest absolute Gasteiger partial charge is 0.227 e. The van der Waals surface area contributed by atoms with Crippen LogP contribution >= 0.6 is 0 Å². The van der Waals surface area contributed by atoms with E-state index in [4.69, 9.17) is 14.5 Å². The molecule has 0 saturated carbocycles. The van der Waals surface area contributed by atoms with Gasteiger partial charge in [-0.25, -0.2) is 9.37 Å². The molecule has 174 valence electrons. The first-order valence-corrected chi connectivity index (χ1v) is 12.8. The van der Waals surface area contributed by atoms with Gasteiger partial charge < -0.3 is 14.7 Å². The monoisotopic (exact) mass is 477 g/mol. The quantitative estimate of drug-likeness (QED) is 0.449. The topological polar surface area (TPSA) is 84.2 Å². The van der Waals surface area contributed by atoms with Crippen LogP contribution < -0.4 is 10.2 Å².